The van der Waals surface area contributed by atoms with Crippen molar-refractivity contribution in [3.63, 3.8) is 0 Å². The summed E-state index contributed by atoms with van der Waals surface area (Å²) in [6, 6.07) is 0. The molecule has 0 heterocycles. The second-order valence-electron chi connectivity index (χ2n) is 2.12. The first-order valence-corrected chi connectivity index (χ1v) is 5.32. The lowest BCUT2D eigenvalue weighted by Gasteiger charge is -2.19. The van der Waals surface area contributed by atoms with Crippen LogP contribution in [0.2, 0.25) is 0 Å². The zero-order valence-electron chi connectivity index (χ0n) is 7.65. The van der Waals surface area contributed by atoms with Crippen LogP contribution in [0.15, 0.2) is 0 Å². The Morgan fingerprint density at radius 1 is 1.33 bits per heavy atom. The summed E-state index contributed by atoms with van der Waals surface area (Å²) in [6.45, 7) is 5.85. The predicted octanol–water partition coefficient (Wildman–Crippen LogP) is 1.98. The van der Waals surface area contributed by atoms with Gasteiger partial charge in [0.05, 0.1) is 13.2 Å². The molecule has 1 unspecified atom stereocenters. The molecule has 0 aromatic carbocycles. The van der Waals surface area contributed by atoms with Gasteiger partial charge < -0.3 is 14.8 Å². The van der Waals surface area contributed by atoms with E-state index in [0.717, 1.165) is 0 Å². The highest BCUT2D eigenvalue weighted by Crippen LogP contribution is 2.50. The van der Waals surface area contributed by atoms with Crippen LogP contribution in [0.1, 0.15) is 20.8 Å². The van der Waals surface area contributed by atoms with Crippen molar-refractivity contribution < 1.29 is 13.6 Å². The van der Waals surface area contributed by atoms with Gasteiger partial charge in [-0.05, 0) is 20.8 Å². The van der Waals surface area contributed by atoms with E-state index in [1.54, 1.807) is 20.8 Å². The SMILES string of the molecule is CCOP(=O)(OCC)C(C)N.Cl. The molecule has 0 fully saturated rings. The van der Waals surface area contributed by atoms with Gasteiger partial charge in [0, 0.05) is 0 Å². The third-order valence-electron chi connectivity index (χ3n) is 1.12. The van der Waals surface area contributed by atoms with Crippen molar-refractivity contribution in [2.45, 2.75) is 26.6 Å². The Hall–Kier alpha value is 0.400. The number of hydrogen-bond donors (Lipinski definition) is 1. The van der Waals surface area contributed by atoms with E-state index in [9.17, 15) is 4.57 Å². The van der Waals surface area contributed by atoms with Crippen molar-refractivity contribution in [2.75, 3.05) is 13.2 Å². The van der Waals surface area contributed by atoms with E-state index in [2.05, 4.69) is 0 Å². The highest BCUT2D eigenvalue weighted by molar-refractivity contribution is 7.54. The standard InChI is InChI=1S/C6H16NO3P.ClH/c1-4-9-11(8,6(3)7)10-5-2;/h6H,4-5,7H2,1-3H3;1H. The average Bonchev–Trinajstić information content (AvgIpc) is 1.88. The first-order valence-electron chi connectivity index (χ1n) is 3.71. The van der Waals surface area contributed by atoms with Gasteiger partial charge in [-0.15, -0.1) is 12.4 Å². The fourth-order valence-corrected chi connectivity index (χ4v) is 1.90. The molecule has 12 heavy (non-hydrogen) atoms. The van der Waals surface area contributed by atoms with E-state index in [1.807, 2.05) is 0 Å². The molecule has 6 heteroatoms. The normalized spacial score (nSPS) is 13.7. The first-order chi connectivity index (χ1) is 5.06. The van der Waals surface area contributed by atoms with E-state index in [4.69, 9.17) is 14.8 Å². The van der Waals surface area contributed by atoms with E-state index in [1.165, 1.54) is 0 Å². The molecule has 0 saturated carbocycles. The summed E-state index contributed by atoms with van der Waals surface area (Å²) in [6.07, 6.45) is 0. The second-order valence-corrected chi connectivity index (χ2v) is 4.53. The number of hydrogen-bond acceptors (Lipinski definition) is 4. The molecule has 76 valence electrons. The van der Waals surface area contributed by atoms with Crippen LogP contribution in [0.5, 0.6) is 0 Å². The number of rotatable bonds is 5. The third-order valence-corrected chi connectivity index (χ3v) is 3.35. The smallest absolute Gasteiger partial charge is 0.318 e. The molecule has 0 spiro atoms. The molecule has 0 aliphatic rings. The van der Waals surface area contributed by atoms with Crippen LogP contribution in [0, 0.1) is 0 Å². The Morgan fingerprint density at radius 3 is 1.83 bits per heavy atom. The molecule has 0 rings (SSSR count). The lowest BCUT2D eigenvalue weighted by atomic mass is 10.8. The number of halogens is 1. The topological polar surface area (TPSA) is 61.5 Å². The lowest BCUT2D eigenvalue weighted by molar-refractivity contribution is 0.213. The van der Waals surface area contributed by atoms with Crippen molar-refractivity contribution in [1.29, 1.82) is 0 Å². The lowest BCUT2D eigenvalue weighted by Crippen LogP contribution is -2.18. The number of nitrogens with two attached hydrogens (primary N) is 1. The monoisotopic (exact) mass is 217 g/mol. The average molecular weight is 218 g/mol. The minimum atomic E-state index is -3.01. The summed E-state index contributed by atoms with van der Waals surface area (Å²) in [5.74, 6) is -0.553. The van der Waals surface area contributed by atoms with Crippen LogP contribution in [0.25, 0.3) is 0 Å². The molecular formula is C6H17ClNO3P. The van der Waals surface area contributed by atoms with Gasteiger partial charge in [0.1, 0.15) is 5.78 Å². The zero-order chi connectivity index (χ0) is 8.91. The highest BCUT2D eigenvalue weighted by Gasteiger charge is 2.28. The molecule has 0 aromatic rings. The van der Waals surface area contributed by atoms with Gasteiger partial charge in [-0.25, -0.2) is 0 Å². The third kappa shape index (κ3) is 4.43. The van der Waals surface area contributed by atoms with Gasteiger partial charge in [-0.2, -0.15) is 0 Å². The van der Waals surface area contributed by atoms with Crippen LogP contribution >= 0.6 is 20.0 Å². The zero-order valence-corrected chi connectivity index (χ0v) is 9.36. The van der Waals surface area contributed by atoms with Crippen molar-refractivity contribution in [1.82, 2.24) is 0 Å². The minimum absolute atomic E-state index is 0. The quantitative estimate of drug-likeness (QED) is 0.716. The van der Waals surface area contributed by atoms with Crippen molar-refractivity contribution in [2.24, 2.45) is 5.73 Å². The van der Waals surface area contributed by atoms with Crippen LogP contribution in [0.4, 0.5) is 0 Å². The second kappa shape index (κ2) is 6.87. The van der Waals surface area contributed by atoms with E-state index >= 15 is 0 Å². The molecule has 0 saturated heterocycles. The maximum atomic E-state index is 11.5. The maximum absolute atomic E-state index is 11.5. The molecule has 0 aromatic heterocycles. The Morgan fingerprint density at radius 2 is 1.67 bits per heavy atom. The van der Waals surface area contributed by atoms with Crippen molar-refractivity contribution in [3.05, 3.63) is 0 Å². The van der Waals surface area contributed by atoms with Gasteiger partial charge in [0.25, 0.3) is 0 Å². The van der Waals surface area contributed by atoms with Gasteiger partial charge >= 0.3 is 7.60 Å². The molecule has 2 N–H and O–H groups in total. The molecule has 1 atom stereocenters. The van der Waals surface area contributed by atoms with E-state index < -0.39 is 13.4 Å². The molecule has 0 aliphatic carbocycles. The van der Waals surface area contributed by atoms with Crippen LogP contribution in [0.3, 0.4) is 0 Å². The summed E-state index contributed by atoms with van der Waals surface area (Å²) < 4.78 is 21.4. The fourth-order valence-electron chi connectivity index (χ4n) is 0.632. The van der Waals surface area contributed by atoms with Crippen LogP contribution in [-0.4, -0.2) is 19.0 Å². The van der Waals surface area contributed by atoms with E-state index in [-0.39, 0.29) is 12.4 Å². The molecule has 0 amide bonds. The Balaban J connectivity index is 0. The maximum Gasteiger partial charge on any atom is 0.346 e. The Labute approximate surface area is 79.7 Å². The minimum Gasteiger partial charge on any atom is -0.318 e. The van der Waals surface area contributed by atoms with Crippen LogP contribution < -0.4 is 5.73 Å². The van der Waals surface area contributed by atoms with Crippen LogP contribution in [-0.2, 0) is 13.6 Å². The molecule has 0 aliphatic heterocycles. The van der Waals surface area contributed by atoms with Gasteiger partial charge in [0.2, 0.25) is 0 Å². The molecule has 0 bridgehead atoms. The van der Waals surface area contributed by atoms with E-state index in [0.29, 0.717) is 13.2 Å². The summed E-state index contributed by atoms with van der Waals surface area (Å²) in [4.78, 5) is 0. The molecule has 4 nitrogen and oxygen atoms in total. The highest BCUT2D eigenvalue weighted by atomic mass is 35.5. The Bertz CT molecular complexity index is 144. The predicted molar refractivity (Wildman–Crippen MR) is 51.8 cm³/mol. The van der Waals surface area contributed by atoms with Crippen molar-refractivity contribution >= 4 is 20.0 Å². The van der Waals surface area contributed by atoms with Gasteiger partial charge in [-0.3, -0.25) is 4.57 Å². The summed E-state index contributed by atoms with van der Waals surface area (Å²) >= 11 is 0. The summed E-state index contributed by atoms with van der Waals surface area (Å²) in [5, 5.41) is 0. The summed E-state index contributed by atoms with van der Waals surface area (Å²) in [5.41, 5.74) is 5.43. The summed E-state index contributed by atoms with van der Waals surface area (Å²) in [7, 11) is -3.01. The van der Waals surface area contributed by atoms with Gasteiger partial charge in [-0.1, -0.05) is 0 Å². The first kappa shape index (κ1) is 14.9. The van der Waals surface area contributed by atoms with Crippen molar-refractivity contribution in [3.8, 4) is 0 Å². The fraction of sp³-hybridized carbons (Fsp3) is 1.00. The molecular weight excluding hydrogens is 200 g/mol. The van der Waals surface area contributed by atoms with Gasteiger partial charge in [0.15, 0.2) is 0 Å². The largest absolute Gasteiger partial charge is 0.346 e. The Kier molecular flexibility index (Phi) is 8.53. The molecule has 0 radical (unpaired) electrons.